The van der Waals surface area contributed by atoms with Crippen molar-refractivity contribution < 1.29 is 9.47 Å². The molecule has 0 aliphatic carbocycles. The molecule has 0 saturated carbocycles. The van der Waals surface area contributed by atoms with Crippen LogP contribution < -0.4 is 20.3 Å². The molecular weight excluding hydrogens is 350 g/mol. The van der Waals surface area contributed by atoms with Crippen molar-refractivity contribution in [3.05, 3.63) is 59.7 Å². The lowest BCUT2D eigenvalue weighted by molar-refractivity contribution is 0.214. The smallest absolute Gasteiger partial charge is 0.127 e. The summed E-state index contributed by atoms with van der Waals surface area (Å²) in [6.45, 7) is 6.34. The summed E-state index contributed by atoms with van der Waals surface area (Å²) in [5.41, 5.74) is 9.37. The quantitative estimate of drug-likeness (QED) is 0.654. The molecule has 0 radical (unpaired) electrons. The third-order valence-corrected chi connectivity index (χ3v) is 5.44. The minimum Gasteiger partial charge on any atom is -0.497 e. The van der Waals surface area contributed by atoms with Crippen LogP contribution in [0.2, 0.25) is 0 Å². The molecule has 2 aromatic rings. The van der Waals surface area contributed by atoms with E-state index in [0.29, 0.717) is 5.92 Å². The van der Waals surface area contributed by atoms with Crippen molar-refractivity contribution in [2.24, 2.45) is 5.92 Å². The Morgan fingerprint density at radius 1 is 1.07 bits per heavy atom. The largest absolute Gasteiger partial charge is 0.497 e. The Kier molecular flexibility index (Phi) is 7.71. The van der Waals surface area contributed by atoms with Gasteiger partial charge in [0.05, 0.1) is 20.3 Å². The van der Waals surface area contributed by atoms with Crippen molar-refractivity contribution in [3.8, 4) is 11.5 Å². The molecular formula is C23H33N3O2. The Bertz CT molecular complexity index is 723. The molecule has 1 saturated heterocycles. The van der Waals surface area contributed by atoms with Gasteiger partial charge >= 0.3 is 0 Å². The summed E-state index contributed by atoms with van der Waals surface area (Å²) in [6, 6.07) is 17.1. The van der Waals surface area contributed by atoms with Crippen LogP contribution in [0.5, 0.6) is 11.5 Å². The average molecular weight is 384 g/mol. The second kappa shape index (κ2) is 10.5. The maximum atomic E-state index is 5.65. The van der Waals surface area contributed by atoms with Gasteiger partial charge in [-0.2, -0.15) is 0 Å². The summed E-state index contributed by atoms with van der Waals surface area (Å²) in [5, 5.41) is 0. The van der Waals surface area contributed by atoms with E-state index < -0.39 is 0 Å². The molecule has 2 aromatic carbocycles. The van der Waals surface area contributed by atoms with E-state index in [-0.39, 0.29) is 6.04 Å². The molecule has 5 nitrogen and oxygen atoms in total. The highest BCUT2D eigenvalue weighted by Gasteiger charge is 2.31. The van der Waals surface area contributed by atoms with Crippen molar-refractivity contribution in [3.63, 3.8) is 0 Å². The van der Waals surface area contributed by atoms with Crippen LogP contribution >= 0.6 is 0 Å². The molecule has 5 heteroatoms. The zero-order valence-electron chi connectivity index (χ0n) is 17.3. The van der Waals surface area contributed by atoms with E-state index in [1.165, 1.54) is 24.0 Å². The SMILES string of the molecule is CCCCN(Cc1ccccc1)CC1CNNC1c1ccc(OC)cc1OC. The molecule has 0 spiro atoms. The molecule has 3 rings (SSSR count). The van der Waals surface area contributed by atoms with Gasteiger partial charge in [-0.15, -0.1) is 0 Å². The van der Waals surface area contributed by atoms with Crippen LogP contribution in [0.25, 0.3) is 0 Å². The average Bonchev–Trinajstić information content (AvgIpc) is 3.20. The van der Waals surface area contributed by atoms with Gasteiger partial charge in [0.15, 0.2) is 0 Å². The predicted octanol–water partition coefficient (Wildman–Crippen LogP) is 3.77. The highest BCUT2D eigenvalue weighted by Crippen LogP contribution is 2.35. The van der Waals surface area contributed by atoms with Gasteiger partial charge in [-0.3, -0.25) is 10.3 Å². The Balaban J connectivity index is 1.74. The zero-order chi connectivity index (χ0) is 19.8. The van der Waals surface area contributed by atoms with E-state index >= 15 is 0 Å². The first kappa shape index (κ1) is 20.6. The lowest BCUT2D eigenvalue weighted by Gasteiger charge is -2.29. The lowest BCUT2D eigenvalue weighted by Crippen LogP contribution is -2.33. The van der Waals surface area contributed by atoms with Crippen LogP contribution in [-0.4, -0.2) is 38.8 Å². The van der Waals surface area contributed by atoms with Gasteiger partial charge in [-0.05, 0) is 24.6 Å². The third-order valence-electron chi connectivity index (χ3n) is 5.44. The maximum absolute atomic E-state index is 5.65. The first-order valence-electron chi connectivity index (χ1n) is 10.2. The molecule has 0 aromatic heterocycles. The molecule has 2 unspecified atom stereocenters. The highest BCUT2D eigenvalue weighted by molar-refractivity contribution is 5.43. The number of methoxy groups -OCH3 is 2. The predicted molar refractivity (Wildman–Crippen MR) is 114 cm³/mol. The Hall–Kier alpha value is -2.08. The summed E-state index contributed by atoms with van der Waals surface area (Å²) < 4.78 is 11.0. The molecule has 1 heterocycles. The van der Waals surface area contributed by atoms with Crippen LogP contribution in [-0.2, 0) is 6.54 Å². The normalized spacial score (nSPS) is 19.1. The topological polar surface area (TPSA) is 45.8 Å². The van der Waals surface area contributed by atoms with Gasteiger partial charge in [0.25, 0.3) is 0 Å². The second-order valence-electron chi connectivity index (χ2n) is 7.45. The lowest BCUT2D eigenvalue weighted by atomic mass is 9.93. The summed E-state index contributed by atoms with van der Waals surface area (Å²) in [5.74, 6) is 2.15. The number of rotatable bonds is 10. The third kappa shape index (κ3) is 5.25. The number of hydrazine groups is 1. The number of benzene rings is 2. The number of ether oxygens (including phenoxy) is 2. The molecule has 2 atom stereocenters. The van der Waals surface area contributed by atoms with E-state index in [1.807, 2.05) is 12.1 Å². The fourth-order valence-electron chi connectivity index (χ4n) is 3.90. The van der Waals surface area contributed by atoms with E-state index in [2.05, 4.69) is 59.1 Å². The Morgan fingerprint density at radius 2 is 1.89 bits per heavy atom. The molecule has 152 valence electrons. The van der Waals surface area contributed by atoms with Gasteiger partial charge in [-0.1, -0.05) is 49.7 Å². The number of hydrogen-bond acceptors (Lipinski definition) is 5. The molecule has 1 aliphatic rings. The molecule has 2 N–H and O–H groups in total. The number of hydrogen-bond donors (Lipinski definition) is 2. The maximum Gasteiger partial charge on any atom is 0.127 e. The summed E-state index contributed by atoms with van der Waals surface area (Å²) in [4.78, 5) is 2.58. The van der Waals surface area contributed by atoms with Crippen LogP contribution in [0.15, 0.2) is 48.5 Å². The van der Waals surface area contributed by atoms with E-state index in [4.69, 9.17) is 9.47 Å². The number of nitrogens with zero attached hydrogens (tertiary/aromatic N) is 1. The van der Waals surface area contributed by atoms with E-state index in [9.17, 15) is 0 Å². The molecule has 1 aliphatic heterocycles. The number of unbranched alkanes of at least 4 members (excludes halogenated alkanes) is 1. The van der Waals surface area contributed by atoms with Crippen LogP contribution in [0.3, 0.4) is 0 Å². The number of nitrogens with one attached hydrogen (secondary N) is 2. The zero-order valence-corrected chi connectivity index (χ0v) is 17.3. The van der Waals surface area contributed by atoms with Crippen molar-refractivity contribution in [2.45, 2.75) is 32.4 Å². The van der Waals surface area contributed by atoms with Crippen molar-refractivity contribution >= 4 is 0 Å². The van der Waals surface area contributed by atoms with Crippen molar-refractivity contribution in [2.75, 3.05) is 33.9 Å². The summed E-state index contributed by atoms with van der Waals surface area (Å²) >= 11 is 0. The monoisotopic (exact) mass is 383 g/mol. The van der Waals surface area contributed by atoms with Crippen LogP contribution in [0.4, 0.5) is 0 Å². The molecule has 1 fully saturated rings. The van der Waals surface area contributed by atoms with Gasteiger partial charge in [0.1, 0.15) is 11.5 Å². The van der Waals surface area contributed by atoms with E-state index in [1.54, 1.807) is 14.2 Å². The van der Waals surface area contributed by atoms with Gasteiger partial charge in [0.2, 0.25) is 0 Å². The van der Waals surface area contributed by atoms with Gasteiger partial charge in [0, 0.05) is 37.2 Å². The molecule has 0 amide bonds. The first-order chi connectivity index (χ1) is 13.7. The highest BCUT2D eigenvalue weighted by atomic mass is 16.5. The minimum absolute atomic E-state index is 0.209. The van der Waals surface area contributed by atoms with Crippen LogP contribution in [0, 0.1) is 5.92 Å². The van der Waals surface area contributed by atoms with Gasteiger partial charge in [-0.25, -0.2) is 5.43 Å². The standard InChI is InChI=1S/C23H33N3O2/c1-4-5-13-26(16-18-9-7-6-8-10-18)17-19-15-24-25-23(19)21-12-11-20(27-2)14-22(21)28-3/h6-12,14,19,23-25H,4-5,13,15-17H2,1-3H3. The minimum atomic E-state index is 0.209. The Labute approximate surface area is 169 Å². The Morgan fingerprint density at radius 3 is 2.61 bits per heavy atom. The fraction of sp³-hybridized carbons (Fsp3) is 0.478. The molecule has 0 bridgehead atoms. The summed E-state index contributed by atoms with van der Waals surface area (Å²) in [7, 11) is 3.40. The first-order valence-corrected chi connectivity index (χ1v) is 10.2. The van der Waals surface area contributed by atoms with Crippen molar-refractivity contribution in [1.29, 1.82) is 0 Å². The van der Waals surface area contributed by atoms with Gasteiger partial charge < -0.3 is 9.47 Å². The van der Waals surface area contributed by atoms with Crippen LogP contribution in [0.1, 0.15) is 36.9 Å². The summed E-state index contributed by atoms with van der Waals surface area (Å²) in [6.07, 6.45) is 2.43. The second-order valence-corrected chi connectivity index (χ2v) is 7.45. The van der Waals surface area contributed by atoms with Crippen molar-refractivity contribution in [1.82, 2.24) is 15.8 Å². The fourth-order valence-corrected chi connectivity index (χ4v) is 3.90. The van der Waals surface area contributed by atoms with E-state index in [0.717, 1.165) is 37.7 Å². The molecule has 28 heavy (non-hydrogen) atoms.